The van der Waals surface area contributed by atoms with Gasteiger partial charge in [0.15, 0.2) is 0 Å². The van der Waals surface area contributed by atoms with Crippen molar-refractivity contribution >= 4 is 0 Å². The highest BCUT2D eigenvalue weighted by Crippen LogP contribution is 2.45. The Bertz CT molecular complexity index is 1100. The van der Waals surface area contributed by atoms with E-state index in [1.54, 1.807) is 0 Å². The Hall–Kier alpha value is -2.69. The second-order valence-electron chi connectivity index (χ2n) is 10.5. The molecule has 0 bridgehead atoms. The van der Waals surface area contributed by atoms with Crippen LogP contribution in [0.2, 0.25) is 0 Å². The summed E-state index contributed by atoms with van der Waals surface area (Å²) in [5.41, 5.74) is -2.27. The smallest absolute Gasteiger partial charge is 0.429 e. The fraction of sp³-hybridized carbons (Fsp3) is 0.552. The maximum Gasteiger partial charge on any atom is 0.432 e. The number of ether oxygens (including phenoxy) is 1. The van der Waals surface area contributed by atoms with Gasteiger partial charge < -0.3 is 4.74 Å². The highest BCUT2D eigenvalue weighted by molar-refractivity contribution is 5.39. The Kier molecular flexibility index (Phi) is 8.40. The summed E-state index contributed by atoms with van der Waals surface area (Å²) < 4.78 is 90.9. The van der Waals surface area contributed by atoms with Crippen LogP contribution in [0.15, 0.2) is 24.3 Å². The van der Waals surface area contributed by atoms with E-state index in [2.05, 4.69) is 11.7 Å². The quantitative estimate of drug-likeness (QED) is 0.339. The molecule has 2 aromatic carbocycles. The van der Waals surface area contributed by atoms with Gasteiger partial charge in [0.1, 0.15) is 46.2 Å². The van der Waals surface area contributed by atoms with Crippen LogP contribution in [0, 0.1) is 52.4 Å². The van der Waals surface area contributed by atoms with Crippen LogP contribution in [-0.4, -0.2) is 0 Å². The van der Waals surface area contributed by atoms with E-state index in [4.69, 9.17) is 5.26 Å². The summed E-state index contributed by atoms with van der Waals surface area (Å²) >= 11 is 0. The van der Waals surface area contributed by atoms with Crippen molar-refractivity contribution in [2.45, 2.75) is 83.2 Å². The van der Waals surface area contributed by atoms with Crippen molar-refractivity contribution in [1.29, 1.82) is 5.26 Å². The van der Waals surface area contributed by atoms with Crippen molar-refractivity contribution in [3.8, 4) is 11.8 Å². The summed E-state index contributed by atoms with van der Waals surface area (Å²) in [6, 6.07) is 3.82. The van der Waals surface area contributed by atoms with Crippen molar-refractivity contribution in [2.75, 3.05) is 0 Å². The van der Waals surface area contributed by atoms with Crippen LogP contribution in [0.1, 0.15) is 93.7 Å². The molecule has 0 saturated heterocycles. The minimum absolute atomic E-state index is 0.123. The van der Waals surface area contributed by atoms with Gasteiger partial charge in [-0.2, -0.15) is 14.0 Å². The maximum absolute atomic E-state index is 14.8. The first-order valence-electron chi connectivity index (χ1n) is 13.1. The summed E-state index contributed by atoms with van der Waals surface area (Å²) in [7, 11) is 0. The van der Waals surface area contributed by atoms with Gasteiger partial charge >= 0.3 is 6.11 Å². The van der Waals surface area contributed by atoms with Gasteiger partial charge in [-0.25, -0.2) is 17.6 Å². The van der Waals surface area contributed by atoms with Crippen molar-refractivity contribution < 1.29 is 31.1 Å². The number of halogens is 6. The van der Waals surface area contributed by atoms with Crippen LogP contribution in [0.3, 0.4) is 0 Å². The molecule has 2 aliphatic rings. The van der Waals surface area contributed by atoms with E-state index >= 15 is 0 Å². The lowest BCUT2D eigenvalue weighted by molar-refractivity contribution is -0.189. The number of benzene rings is 2. The largest absolute Gasteiger partial charge is 0.432 e. The molecule has 0 heterocycles. The molecule has 0 aliphatic heterocycles. The lowest BCUT2D eigenvalue weighted by Gasteiger charge is -2.38. The number of alkyl halides is 2. The van der Waals surface area contributed by atoms with Crippen LogP contribution in [0.25, 0.3) is 0 Å². The van der Waals surface area contributed by atoms with Crippen LogP contribution in [-0.2, 0) is 6.11 Å². The molecule has 0 amide bonds. The molecule has 0 spiro atoms. The first kappa shape index (κ1) is 27.3. The van der Waals surface area contributed by atoms with Crippen molar-refractivity contribution in [3.63, 3.8) is 0 Å². The molecule has 4 rings (SSSR count). The molecule has 0 atom stereocenters. The second-order valence-corrected chi connectivity index (χ2v) is 10.5. The molecule has 8 heteroatoms. The summed E-state index contributed by atoms with van der Waals surface area (Å²) in [4.78, 5) is 0. The van der Waals surface area contributed by atoms with E-state index in [0.29, 0.717) is 29.5 Å². The predicted octanol–water partition coefficient (Wildman–Crippen LogP) is 9.12. The molecule has 2 nitrogen and oxygen atoms in total. The van der Waals surface area contributed by atoms with Gasteiger partial charge in [-0.3, -0.25) is 0 Å². The molecule has 0 radical (unpaired) electrons. The molecular formula is C29H31F6NO. The fourth-order valence-electron chi connectivity index (χ4n) is 6.30. The highest BCUT2D eigenvalue weighted by atomic mass is 19.3. The maximum atomic E-state index is 14.8. The Labute approximate surface area is 213 Å². The number of hydrogen-bond donors (Lipinski definition) is 0. The third kappa shape index (κ3) is 6.08. The molecule has 37 heavy (non-hydrogen) atoms. The topological polar surface area (TPSA) is 33.0 Å². The lowest BCUT2D eigenvalue weighted by atomic mass is 9.68. The monoisotopic (exact) mass is 523 g/mol. The van der Waals surface area contributed by atoms with Crippen LogP contribution in [0.4, 0.5) is 26.3 Å². The van der Waals surface area contributed by atoms with E-state index in [0.717, 1.165) is 43.7 Å². The predicted molar refractivity (Wildman–Crippen MR) is 127 cm³/mol. The van der Waals surface area contributed by atoms with E-state index in [1.807, 2.05) is 0 Å². The van der Waals surface area contributed by atoms with E-state index < -0.39 is 46.3 Å². The molecule has 0 aromatic heterocycles. The number of nitriles is 1. The summed E-state index contributed by atoms with van der Waals surface area (Å²) in [6.07, 6.45) is 6.39. The second kappa shape index (κ2) is 11.4. The Morgan fingerprint density at radius 2 is 1.32 bits per heavy atom. The first-order valence-corrected chi connectivity index (χ1v) is 13.1. The number of rotatable bonds is 7. The zero-order valence-corrected chi connectivity index (χ0v) is 20.8. The van der Waals surface area contributed by atoms with E-state index in [9.17, 15) is 26.3 Å². The summed E-state index contributed by atoms with van der Waals surface area (Å²) in [5, 5.41) is 8.70. The molecule has 2 fully saturated rings. The van der Waals surface area contributed by atoms with Crippen molar-refractivity contribution in [3.05, 3.63) is 64.2 Å². The van der Waals surface area contributed by atoms with Crippen molar-refractivity contribution in [1.82, 2.24) is 0 Å². The summed E-state index contributed by atoms with van der Waals surface area (Å²) in [5.74, 6) is -4.80. The molecule has 200 valence electrons. The van der Waals surface area contributed by atoms with Crippen molar-refractivity contribution in [2.24, 2.45) is 17.8 Å². The van der Waals surface area contributed by atoms with Crippen LogP contribution >= 0.6 is 0 Å². The lowest BCUT2D eigenvalue weighted by Crippen LogP contribution is -2.27. The average molecular weight is 524 g/mol. The minimum Gasteiger partial charge on any atom is -0.429 e. The fourth-order valence-corrected chi connectivity index (χ4v) is 6.30. The van der Waals surface area contributed by atoms with Gasteiger partial charge in [-0.15, -0.1) is 0 Å². The van der Waals surface area contributed by atoms with Gasteiger partial charge in [0.05, 0.1) is 0 Å². The van der Waals surface area contributed by atoms with Crippen LogP contribution < -0.4 is 4.74 Å². The summed E-state index contributed by atoms with van der Waals surface area (Å²) in [6.45, 7) is 2.22. The number of hydrogen-bond acceptors (Lipinski definition) is 2. The molecule has 2 saturated carbocycles. The SMILES string of the molecule is CCCC1CCC(C2CCC(c3cc(F)c(C(F)(F)Oc4cc(F)c(C#N)c(F)c4)c(F)c3)CC2)CC1. The zero-order valence-electron chi connectivity index (χ0n) is 20.8. The average Bonchev–Trinajstić information content (AvgIpc) is 2.84. The Morgan fingerprint density at radius 1 is 0.811 bits per heavy atom. The Morgan fingerprint density at radius 3 is 1.81 bits per heavy atom. The molecule has 0 unspecified atom stereocenters. The normalized spacial score (nSPS) is 24.5. The highest BCUT2D eigenvalue weighted by Gasteiger charge is 2.42. The van der Waals surface area contributed by atoms with E-state index in [1.165, 1.54) is 44.6 Å². The van der Waals surface area contributed by atoms with Gasteiger partial charge in [0, 0.05) is 12.1 Å². The van der Waals surface area contributed by atoms with Gasteiger partial charge in [-0.1, -0.05) is 32.6 Å². The third-order valence-electron chi connectivity index (χ3n) is 8.23. The van der Waals surface area contributed by atoms with Gasteiger partial charge in [0.2, 0.25) is 0 Å². The molecule has 0 N–H and O–H groups in total. The third-order valence-corrected chi connectivity index (χ3v) is 8.23. The first-order chi connectivity index (χ1) is 17.6. The van der Waals surface area contributed by atoms with E-state index in [-0.39, 0.29) is 5.92 Å². The van der Waals surface area contributed by atoms with Gasteiger partial charge in [0.25, 0.3) is 0 Å². The molecule has 2 aromatic rings. The van der Waals surface area contributed by atoms with Gasteiger partial charge in [-0.05, 0) is 79.9 Å². The zero-order chi connectivity index (χ0) is 26.7. The number of nitrogens with zero attached hydrogens (tertiary/aromatic N) is 1. The van der Waals surface area contributed by atoms with Crippen LogP contribution in [0.5, 0.6) is 5.75 Å². The minimum atomic E-state index is -4.53. The molecular weight excluding hydrogens is 492 g/mol. The molecule has 2 aliphatic carbocycles. The Balaban J connectivity index is 1.42. The standard InChI is InChI=1S/C29H31F6NO/c1-2-3-17-4-6-18(7-5-17)19-8-10-20(11-9-19)21-12-26(32)28(27(33)13-21)29(34,35)37-22-14-24(30)23(16-36)25(31)15-22/h12-15,17-20H,2-11H2,1H3.